The number of hydrogen-bond acceptors (Lipinski definition) is 4. The van der Waals surface area contributed by atoms with Gasteiger partial charge in [0.25, 0.3) is 5.91 Å². The van der Waals surface area contributed by atoms with Crippen molar-refractivity contribution in [1.29, 1.82) is 0 Å². The van der Waals surface area contributed by atoms with Crippen LogP contribution in [0.4, 0.5) is 5.00 Å². The number of carbonyl (C=O) groups excluding carboxylic acids is 2. The first kappa shape index (κ1) is 18.6. The summed E-state index contributed by atoms with van der Waals surface area (Å²) in [5, 5.41) is 5.43. The Morgan fingerprint density at radius 3 is 2.58 bits per heavy atom. The number of rotatable bonds is 6. The fraction of sp³-hybridized carbons (Fsp3) is 0.400. The van der Waals surface area contributed by atoms with Crippen LogP contribution >= 0.6 is 11.3 Å². The van der Waals surface area contributed by atoms with Crippen molar-refractivity contribution in [3.8, 4) is 11.1 Å². The number of thiophene rings is 1. The number of piperidine rings is 1. The number of anilines is 1. The third-order valence-electron chi connectivity index (χ3n) is 4.58. The Kier molecular flexibility index (Phi) is 6.41. The molecule has 1 fully saturated rings. The fourth-order valence-electron chi connectivity index (χ4n) is 3.31. The van der Waals surface area contributed by atoms with Crippen molar-refractivity contribution in [2.75, 3.05) is 31.6 Å². The van der Waals surface area contributed by atoms with Crippen LogP contribution in [0.15, 0.2) is 35.7 Å². The summed E-state index contributed by atoms with van der Waals surface area (Å²) < 4.78 is 5.23. The van der Waals surface area contributed by atoms with E-state index in [0.717, 1.165) is 24.2 Å². The second-order valence-corrected chi connectivity index (χ2v) is 7.36. The maximum Gasteiger partial charge on any atom is 0.341 e. The molecule has 1 aliphatic heterocycles. The van der Waals surface area contributed by atoms with Gasteiger partial charge in [-0.2, -0.15) is 0 Å². The molecule has 1 aromatic carbocycles. The van der Waals surface area contributed by atoms with Crippen LogP contribution in [0.3, 0.4) is 0 Å². The Morgan fingerprint density at radius 2 is 1.88 bits per heavy atom. The third kappa shape index (κ3) is 4.51. The van der Waals surface area contributed by atoms with Gasteiger partial charge in [-0.15, -0.1) is 11.3 Å². The van der Waals surface area contributed by atoms with Crippen LogP contribution in [-0.2, 0) is 9.53 Å². The van der Waals surface area contributed by atoms with E-state index in [-0.39, 0.29) is 5.91 Å². The molecule has 2 N–H and O–H groups in total. The second-order valence-electron chi connectivity index (χ2n) is 6.48. The fourth-order valence-corrected chi connectivity index (χ4v) is 4.29. The van der Waals surface area contributed by atoms with Gasteiger partial charge >= 0.3 is 5.97 Å². The molecule has 3 rings (SSSR count). The molecule has 1 saturated heterocycles. The Hall–Kier alpha value is -2.18. The molecule has 0 unspecified atom stereocenters. The highest BCUT2D eigenvalue weighted by molar-refractivity contribution is 7.15. The topological polar surface area (TPSA) is 59.8 Å². The molecule has 26 heavy (non-hydrogen) atoms. The number of nitrogens with one attached hydrogen (secondary N) is 2. The van der Waals surface area contributed by atoms with Crippen LogP contribution in [0.25, 0.3) is 11.1 Å². The molecule has 1 aliphatic rings. The molecule has 0 radical (unpaired) electrons. The molecule has 6 heteroatoms. The minimum absolute atomic E-state index is 0.0473. The first-order chi connectivity index (χ1) is 12.7. The number of carbonyl (C=O) groups is 2. The van der Waals surface area contributed by atoms with Gasteiger partial charge in [-0.1, -0.05) is 30.3 Å². The number of esters is 1. The quantitative estimate of drug-likeness (QED) is 0.765. The number of benzene rings is 1. The van der Waals surface area contributed by atoms with Crippen LogP contribution in [-0.4, -0.2) is 38.1 Å². The Morgan fingerprint density at radius 1 is 1.15 bits per heavy atom. The average Bonchev–Trinajstić information content (AvgIpc) is 3.07. The maximum absolute atomic E-state index is 12.5. The minimum atomic E-state index is -0.395. The second kappa shape index (κ2) is 8.96. The Balaban J connectivity index is 1.80. The van der Waals surface area contributed by atoms with Crippen LogP contribution < -0.4 is 10.2 Å². The standard InChI is InChI=1S/C20H24N2O3S/c1-2-25-20(24)18-16(15-9-5-3-6-10-15)14-26-19(18)21-17(23)13-22-11-7-4-8-12-22/h3,5-6,9-10,14H,2,4,7-8,11-13H2,1H3,(H,21,23)/p+1. The van der Waals surface area contributed by atoms with Gasteiger partial charge in [0.2, 0.25) is 0 Å². The predicted molar refractivity (Wildman–Crippen MR) is 104 cm³/mol. The largest absolute Gasteiger partial charge is 0.462 e. The number of quaternary nitrogens is 1. The summed E-state index contributed by atoms with van der Waals surface area (Å²) in [6.45, 7) is 4.61. The molecule has 138 valence electrons. The molecule has 1 amide bonds. The predicted octanol–water partition coefficient (Wildman–Crippen LogP) is 2.60. The van der Waals surface area contributed by atoms with Gasteiger partial charge in [-0.05, 0) is 31.7 Å². The summed E-state index contributed by atoms with van der Waals surface area (Å²) in [6, 6.07) is 9.70. The van der Waals surface area contributed by atoms with Crippen molar-refractivity contribution in [2.45, 2.75) is 26.2 Å². The number of likely N-dealkylation sites (tertiary alicyclic amines) is 1. The Bertz CT molecular complexity index is 752. The maximum atomic E-state index is 12.5. The van der Waals surface area contributed by atoms with Gasteiger partial charge in [0, 0.05) is 10.9 Å². The molecule has 0 saturated carbocycles. The first-order valence-electron chi connectivity index (χ1n) is 9.16. The van der Waals surface area contributed by atoms with Gasteiger partial charge < -0.3 is 15.0 Å². The third-order valence-corrected chi connectivity index (χ3v) is 5.47. The molecule has 1 aromatic heterocycles. The van der Waals surface area contributed by atoms with Crippen molar-refractivity contribution in [3.05, 3.63) is 41.3 Å². The lowest BCUT2D eigenvalue weighted by Crippen LogP contribution is -3.13. The summed E-state index contributed by atoms with van der Waals surface area (Å²) in [6.07, 6.45) is 3.60. The molecule has 5 nitrogen and oxygen atoms in total. The lowest BCUT2D eigenvalue weighted by molar-refractivity contribution is -0.896. The summed E-state index contributed by atoms with van der Waals surface area (Å²) in [5.41, 5.74) is 2.19. The molecule has 2 heterocycles. The van der Waals surface area contributed by atoms with Gasteiger partial charge in [0.15, 0.2) is 6.54 Å². The smallest absolute Gasteiger partial charge is 0.341 e. The monoisotopic (exact) mass is 373 g/mol. The molecule has 0 atom stereocenters. The summed E-state index contributed by atoms with van der Waals surface area (Å²) >= 11 is 1.37. The van der Waals surface area contributed by atoms with E-state index in [9.17, 15) is 9.59 Å². The summed E-state index contributed by atoms with van der Waals surface area (Å²) in [5.74, 6) is -0.442. The highest BCUT2D eigenvalue weighted by Crippen LogP contribution is 2.36. The molecular formula is C20H25N2O3S+. The lowest BCUT2D eigenvalue weighted by atomic mass is 10.0. The van der Waals surface area contributed by atoms with Crippen LogP contribution in [0, 0.1) is 0 Å². The number of hydrogen-bond donors (Lipinski definition) is 2. The number of ether oxygens (including phenoxy) is 1. The average molecular weight is 373 g/mol. The lowest BCUT2D eigenvalue weighted by Gasteiger charge is -2.22. The van der Waals surface area contributed by atoms with E-state index in [1.165, 1.54) is 35.5 Å². The van der Waals surface area contributed by atoms with Crippen molar-refractivity contribution >= 4 is 28.2 Å². The van der Waals surface area contributed by atoms with Gasteiger partial charge in [-0.25, -0.2) is 4.79 Å². The van der Waals surface area contributed by atoms with E-state index in [4.69, 9.17) is 4.74 Å². The van der Waals surface area contributed by atoms with E-state index < -0.39 is 5.97 Å². The summed E-state index contributed by atoms with van der Waals surface area (Å²) in [4.78, 5) is 26.3. The van der Waals surface area contributed by atoms with Crippen molar-refractivity contribution in [3.63, 3.8) is 0 Å². The van der Waals surface area contributed by atoms with Crippen molar-refractivity contribution < 1.29 is 19.2 Å². The van der Waals surface area contributed by atoms with Gasteiger partial charge in [-0.3, -0.25) is 4.79 Å². The van der Waals surface area contributed by atoms with E-state index in [1.807, 2.05) is 35.7 Å². The van der Waals surface area contributed by atoms with Crippen LogP contribution in [0.1, 0.15) is 36.5 Å². The molecule has 2 aromatic rings. The normalized spacial score (nSPS) is 14.8. The van der Waals surface area contributed by atoms with E-state index >= 15 is 0 Å². The van der Waals surface area contributed by atoms with Gasteiger partial charge in [0.1, 0.15) is 10.6 Å². The van der Waals surface area contributed by atoms with Crippen LogP contribution in [0.5, 0.6) is 0 Å². The first-order valence-corrected chi connectivity index (χ1v) is 10.0. The van der Waals surface area contributed by atoms with Crippen LogP contribution in [0.2, 0.25) is 0 Å². The minimum Gasteiger partial charge on any atom is -0.462 e. The van der Waals surface area contributed by atoms with Crippen molar-refractivity contribution in [1.82, 2.24) is 0 Å². The molecule has 0 aliphatic carbocycles. The Labute approximate surface area is 158 Å². The zero-order valence-corrected chi connectivity index (χ0v) is 15.9. The highest BCUT2D eigenvalue weighted by Gasteiger charge is 2.24. The van der Waals surface area contributed by atoms with Gasteiger partial charge in [0.05, 0.1) is 19.7 Å². The van der Waals surface area contributed by atoms with E-state index in [1.54, 1.807) is 6.92 Å². The molecular weight excluding hydrogens is 348 g/mol. The summed E-state index contributed by atoms with van der Waals surface area (Å²) in [7, 11) is 0. The zero-order valence-electron chi connectivity index (χ0n) is 15.0. The highest BCUT2D eigenvalue weighted by atomic mass is 32.1. The number of amides is 1. The van der Waals surface area contributed by atoms with Crippen molar-refractivity contribution in [2.24, 2.45) is 0 Å². The SMILES string of the molecule is CCOC(=O)c1c(-c2ccccc2)csc1NC(=O)C[NH+]1CCCCC1. The molecule has 0 bridgehead atoms. The van der Waals surface area contributed by atoms with E-state index in [2.05, 4.69) is 5.32 Å². The molecule has 0 spiro atoms. The van der Waals surface area contributed by atoms with E-state index in [0.29, 0.717) is 23.7 Å². The zero-order chi connectivity index (χ0) is 18.4.